The number of rotatable bonds is 5. The first kappa shape index (κ1) is 15.3. The summed E-state index contributed by atoms with van der Waals surface area (Å²) in [4.78, 5) is 6.95. The molecule has 0 aliphatic carbocycles. The maximum atomic E-state index is 6.35. The predicted molar refractivity (Wildman–Crippen MR) is 86.6 cm³/mol. The lowest BCUT2D eigenvalue weighted by molar-refractivity contribution is 0.357. The molecule has 0 amide bonds. The Labute approximate surface area is 126 Å². The number of halogens is 1. The van der Waals surface area contributed by atoms with Crippen LogP contribution < -0.4 is 0 Å². The van der Waals surface area contributed by atoms with Crippen molar-refractivity contribution in [3.8, 4) is 0 Å². The van der Waals surface area contributed by atoms with Gasteiger partial charge in [0, 0.05) is 6.04 Å². The van der Waals surface area contributed by atoms with Crippen molar-refractivity contribution in [2.24, 2.45) is 0 Å². The summed E-state index contributed by atoms with van der Waals surface area (Å²) in [5.41, 5.74) is 3.53. The molecule has 0 saturated carbocycles. The zero-order valence-electron chi connectivity index (χ0n) is 13.0. The number of aryl methyl sites for hydroxylation is 1. The van der Waals surface area contributed by atoms with Gasteiger partial charge >= 0.3 is 0 Å². The topological polar surface area (TPSA) is 21.1 Å². The molecule has 20 heavy (non-hydrogen) atoms. The molecule has 1 heterocycles. The minimum absolute atomic E-state index is 0.0800. The van der Waals surface area contributed by atoms with Gasteiger partial charge in [0.1, 0.15) is 5.82 Å². The molecular weight excluding hydrogens is 270 g/mol. The van der Waals surface area contributed by atoms with E-state index in [2.05, 4.69) is 55.6 Å². The van der Waals surface area contributed by atoms with Crippen LogP contribution in [0, 0.1) is 6.92 Å². The Morgan fingerprint density at radius 1 is 1.30 bits per heavy atom. The number of hydrogen-bond donors (Lipinski definition) is 0. The molecule has 3 nitrogen and oxygen atoms in total. The maximum absolute atomic E-state index is 6.35. The third-order valence-electron chi connectivity index (χ3n) is 3.73. The highest BCUT2D eigenvalue weighted by Gasteiger charge is 2.20. The highest BCUT2D eigenvalue weighted by atomic mass is 35.5. The average Bonchev–Trinajstić information content (AvgIpc) is 2.77. The first-order valence-electron chi connectivity index (χ1n) is 7.18. The minimum Gasteiger partial charge on any atom is -0.324 e. The molecule has 2 unspecified atom stereocenters. The van der Waals surface area contributed by atoms with E-state index in [1.807, 2.05) is 6.92 Å². The Morgan fingerprint density at radius 2 is 2.00 bits per heavy atom. The first-order valence-corrected chi connectivity index (χ1v) is 7.61. The summed E-state index contributed by atoms with van der Waals surface area (Å²) in [5.74, 6) is 0.974. The number of aromatic nitrogens is 2. The lowest BCUT2D eigenvalue weighted by atomic mass is 10.1. The normalized spacial score (nSPS) is 14.9. The van der Waals surface area contributed by atoms with Crippen LogP contribution in [-0.4, -0.2) is 35.1 Å². The van der Waals surface area contributed by atoms with E-state index >= 15 is 0 Å². The molecule has 0 bridgehead atoms. The average molecular weight is 294 g/mol. The van der Waals surface area contributed by atoms with Crippen LogP contribution in [0.5, 0.6) is 0 Å². The van der Waals surface area contributed by atoms with E-state index < -0.39 is 0 Å². The fraction of sp³-hybridized carbons (Fsp3) is 0.562. The number of hydrogen-bond acceptors (Lipinski definition) is 2. The van der Waals surface area contributed by atoms with Crippen molar-refractivity contribution < 1.29 is 0 Å². The molecule has 0 aliphatic heterocycles. The van der Waals surface area contributed by atoms with Gasteiger partial charge in [-0.2, -0.15) is 0 Å². The second-order valence-corrected chi connectivity index (χ2v) is 6.49. The Bertz CT molecular complexity index is 587. The molecule has 0 spiro atoms. The molecule has 2 atom stereocenters. The molecule has 2 rings (SSSR count). The number of fused-ring (bicyclic) bond motifs is 1. The van der Waals surface area contributed by atoms with Gasteiger partial charge in [-0.1, -0.05) is 12.1 Å². The SMILES string of the molecule is Cc1cccc2nc(C(C)Cl)n(C(C)CCN(C)C)c12. The van der Waals surface area contributed by atoms with E-state index in [1.54, 1.807) is 0 Å². The van der Waals surface area contributed by atoms with E-state index in [0.717, 1.165) is 24.3 Å². The van der Waals surface area contributed by atoms with Crippen LogP contribution >= 0.6 is 11.6 Å². The van der Waals surface area contributed by atoms with Gasteiger partial charge in [0.15, 0.2) is 0 Å². The van der Waals surface area contributed by atoms with Crippen molar-refractivity contribution in [3.63, 3.8) is 0 Å². The van der Waals surface area contributed by atoms with Crippen molar-refractivity contribution >= 4 is 22.6 Å². The van der Waals surface area contributed by atoms with Gasteiger partial charge in [-0.25, -0.2) is 4.98 Å². The smallest absolute Gasteiger partial charge is 0.127 e. The van der Waals surface area contributed by atoms with Crippen LogP contribution in [0.25, 0.3) is 11.0 Å². The number of benzene rings is 1. The third kappa shape index (κ3) is 2.99. The lowest BCUT2D eigenvalue weighted by Gasteiger charge is -2.21. The van der Waals surface area contributed by atoms with Crippen molar-refractivity contribution in [2.75, 3.05) is 20.6 Å². The lowest BCUT2D eigenvalue weighted by Crippen LogP contribution is -2.19. The molecule has 0 fully saturated rings. The molecule has 0 radical (unpaired) electrons. The van der Waals surface area contributed by atoms with Crippen LogP contribution in [0.3, 0.4) is 0 Å². The monoisotopic (exact) mass is 293 g/mol. The molecule has 0 N–H and O–H groups in total. The minimum atomic E-state index is -0.0800. The van der Waals surface area contributed by atoms with Gasteiger partial charge in [-0.15, -0.1) is 11.6 Å². The number of imidazole rings is 1. The summed E-state index contributed by atoms with van der Waals surface area (Å²) in [6.07, 6.45) is 1.09. The van der Waals surface area contributed by atoms with E-state index in [4.69, 9.17) is 16.6 Å². The zero-order chi connectivity index (χ0) is 14.9. The second kappa shape index (κ2) is 6.15. The van der Waals surface area contributed by atoms with E-state index in [0.29, 0.717) is 6.04 Å². The predicted octanol–water partition coefficient (Wildman–Crippen LogP) is 4.16. The highest BCUT2D eigenvalue weighted by Crippen LogP contribution is 2.30. The molecular formula is C16H24ClN3. The molecule has 2 aromatic rings. The standard InChI is InChI=1S/C16H24ClN3/c1-11-7-6-8-14-15(11)20(16(18-14)13(3)17)12(2)9-10-19(4)5/h6-8,12-13H,9-10H2,1-5H3. The number of nitrogens with zero attached hydrogens (tertiary/aromatic N) is 3. The summed E-state index contributed by atoms with van der Waals surface area (Å²) in [6, 6.07) is 6.66. The second-order valence-electron chi connectivity index (χ2n) is 5.84. The van der Waals surface area contributed by atoms with Crippen LogP contribution in [0.15, 0.2) is 18.2 Å². The van der Waals surface area contributed by atoms with Crippen LogP contribution in [-0.2, 0) is 0 Å². The summed E-state index contributed by atoms with van der Waals surface area (Å²) in [6.45, 7) is 7.44. The first-order chi connectivity index (χ1) is 9.41. The van der Waals surface area contributed by atoms with E-state index in [1.165, 1.54) is 11.1 Å². The van der Waals surface area contributed by atoms with Gasteiger partial charge in [0.2, 0.25) is 0 Å². The Hall–Kier alpha value is -1.06. The number of para-hydroxylation sites is 1. The van der Waals surface area contributed by atoms with Gasteiger partial charge in [-0.3, -0.25) is 0 Å². The van der Waals surface area contributed by atoms with Crippen LogP contribution in [0.4, 0.5) is 0 Å². The Morgan fingerprint density at radius 3 is 2.60 bits per heavy atom. The fourth-order valence-corrected chi connectivity index (χ4v) is 2.79. The van der Waals surface area contributed by atoms with Gasteiger partial charge in [0.25, 0.3) is 0 Å². The van der Waals surface area contributed by atoms with Crippen molar-refractivity contribution in [3.05, 3.63) is 29.6 Å². The molecule has 4 heteroatoms. The van der Waals surface area contributed by atoms with Crippen molar-refractivity contribution in [1.82, 2.24) is 14.5 Å². The van der Waals surface area contributed by atoms with Gasteiger partial charge < -0.3 is 9.47 Å². The Balaban J connectivity index is 2.50. The summed E-state index contributed by atoms with van der Waals surface area (Å²) >= 11 is 6.35. The van der Waals surface area contributed by atoms with E-state index in [-0.39, 0.29) is 5.38 Å². The van der Waals surface area contributed by atoms with Crippen molar-refractivity contribution in [1.29, 1.82) is 0 Å². The highest BCUT2D eigenvalue weighted by molar-refractivity contribution is 6.20. The molecule has 1 aromatic carbocycles. The summed E-state index contributed by atoms with van der Waals surface area (Å²) in [7, 11) is 4.21. The molecule has 110 valence electrons. The van der Waals surface area contributed by atoms with Crippen LogP contribution in [0.2, 0.25) is 0 Å². The summed E-state index contributed by atoms with van der Waals surface area (Å²) < 4.78 is 2.33. The third-order valence-corrected chi connectivity index (χ3v) is 3.93. The van der Waals surface area contributed by atoms with Gasteiger partial charge in [-0.05, 0) is 59.5 Å². The van der Waals surface area contributed by atoms with Crippen LogP contribution in [0.1, 0.15) is 43.1 Å². The maximum Gasteiger partial charge on any atom is 0.127 e. The largest absolute Gasteiger partial charge is 0.324 e. The quantitative estimate of drug-likeness (QED) is 0.772. The zero-order valence-corrected chi connectivity index (χ0v) is 13.8. The van der Waals surface area contributed by atoms with Gasteiger partial charge in [0.05, 0.1) is 16.4 Å². The summed E-state index contributed by atoms with van der Waals surface area (Å²) in [5, 5.41) is -0.0800. The Kier molecular flexibility index (Phi) is 4.71. The molecule has 0 aliphatic rings. The fourth-order valence-electron chi connectivity index (χ4n) is 2.64. The number of alkyl halides is 1. The van der Waals surface area contributed by atoms with E-state index in [9.17, 15) is 0 Å². The molecule has 1 aromatic heterocycles. The van der Waals surface area contributed by atoms with Crippen molar-refractivity contribution in [2.45, 2.75) is 38.6 Å². The molecule has 0 saturated heterocycles.